The van der Waals surface area contributed by atoms with Gasteiger partial charge < -0.3 is 14.0 Å². The maximum absolute atomic E-state index is 10.9. The Morgan fingerprint density at radius 3 is 1.61 bits per heavy atom. The van der Waals surface area contributed by atoms with Gasteiger partial charge in [-0.15, -0.1) is 0 Å². The van der Waals surface area contributed by atoms with E-state index in [1.165, 1.54) is 9.21 Å². The van der Waals surface area contributed by atoms with Crippen LogP contribution in [0.15, 0.2) is 0 Å². The van der Waals surface area contributed by atoms with E-state index >= 15 is 0 Å². The number of rotatable bonds is 10. The maximum Gasteiger partial charge on any atom is 1.00 e. The van der Waals surface area contributed by atoms with Crippen molar-refractivity contribution in [1.82, 2.24) is 9.21 Å². The standard InChI is InChI=1S/C8H18N2O8S3.2Na/c11-19(12)8-10(19)3-1-2-9(4-6-20(13,14)15)5-7-21(16,17)18;;/h1-8H2,(H,13,14,15)(H,16,17,18);;/q;2*+1/p-2. The topological polar surface area (TPSA) is 155 Å². The average Bonchev–Trinajstić information content (AvgIpc) is 2.87. The molecule has 0 aromatic carbocycles. The molecule has 1 saturated heterocycles. The molecular formula is C8H16N2Na2O8S3. The molecule has 1 heterocycles. The molecule has 1 aliphatic heterocycles. The van der Waals surface area contributed by atoms with Crippen LogP contribution in [0.2, 0.25) is 0 Å². The monoisotopic (exact) mass is 410 g/mol. The van der Waals surface area contributed by atoms with Gasteiger partial charge in [0.05, 0.1) is 31.7 Å². The molecule has 1 fully saturated rings. The van der Waals surface area contributed by atoms with Crippen LogP contribution < -0.4 is 59.1 Å². The molecule has 23 heavy (non-hydrogen) atoms. The fraction of sp³-hybridized carbons (Fsp3) is 1.00. The minimum Gasteiger partial charge on any atom is -0.748 e. The summed E-state index contributed by atoms with van der Waals surface area (Å²) in [7, 11) is -12.0. The second-order valence-electron chi connectivity index (χ2n) is 4.64. The molecule has 0 bridgehead atoms. The van der Waals surface area contributed by atoms with Crippen LogP contribution in [0.1, 0.15) is 6.42 Å². The smallest absolute Gasteiger partial charge is 0.748 e. The molecule has 0 saturated carbocycles. The molecule has 0 aliphatic carbocycles. The summed E-state index contributed by atoms with van der Waals surface area (Å²) < 4.78 is 86.5. The molecule has 0 aromatic rings. The largest absolute Gasteiger partial charge is 1.00 e. The third-order valence-electron chi connectivity index (χ3n) is 2.82. The van der Waals surface area contributed by atoms with E-state index in [1.807, 2.05) is 0 Å². The SMILES string of the molecule is O=S(=O)([O-])CCN(CCCN1CS1(=O)=O)CCS(=O)(=O)[O-].[Na+].[Na+]. The van der Waals surface area contributed by atoms with Gasteiger partial charge in [0.25, 0.3) is 0 Å². The van der Waals surface area contributed by atoms with Crippen molar-refractivity contribution in [3.8, 4) is 0 Å². The Morgan fingerprint density at radius 1 is 0.913 bits per heavy atom. The Kier molecular flexibility index (Phi) is 12.6. The summed E-state index contributed by atoms with van der Waals surface area (Å²) >= 11 is 0. The Balaban J connectivity index is 0. The van der Waals surface area contributed by atoms with Crippen LogP contribution in [0, 0.1) is 0 Å². The quantitative estimate of drug-likeness (QED) is 0.194. The molecular weight excluding hydrogens is 394 g/mol. The van der Waals surface area contributed by atoms with Crippen molar-refractivity contribution < 1.29 is 93.5 Å². The molecule has 126 valence electrons. The van der Waals surface area contributed by atoms with Crippen molar-refractivity contribution in [1.29, 1.82) is 0 Å². The van der Waals surface area contributed by atoms with E-state index in [0.717, 1.165) is 0 Å². The molecule has 0 amide bonds. The number of hydrogen-bond donors (Lipinski definition) is 0. The molecule has 15 heteroatoms. The zero-order chi connectivity index (χ0) is 16.3. The van der Waals surface area contributed by atoms with Crippen LogP contribution >= 0.6 is 0 Å². The summed E-state index contributed by atoms with van der Waals surface area (Å²) in [4.78, 5) is 1.35. The first-order valence-electron chi connectivity index (χ1n) is 5.96. The van der Waals surface area contributed by atoms with E-state index in [9.17, 15) is 34.4 Å². The molecule has 1 atom stereocenters. The van der Waals surface area contributed by atoms with Gasteiger partial charge in [-0.05, 0) is 13.0 Å². The van der Waals surface area contributed by atoms with Gasteiger partial charge in [-0.1, -0.05) is 0 Å². The predicted molar refractivity (Wildman–Crippen MR) is 70.7 cm³/mol. The second-order valence-corrected chi connectivity index (χ2v) is 9.62. The van der Waals surface area contributed by atoms with Crippen molar-refractivity contribution in [2.24, 2.45) is 0 Å². The van der Waals surface area contributed by atoms with Crippen LogP contribution in [-0.4, -0.2) is 87.1 Å². The van der Waals surface area contributed by atoms with Crippen LogP contribution in [0.3, 0.4) is 0 Å². The van der Waals surface area contributed by atoms with Crippen molar-refractivity contribution >= 4 is 30.3 Å². The van der Waals surface area contributed by atoms with Crippen molar-refractivity contribution in [3.63, 3.8) is 0 Å². The maximum atomic E-state index is 10.9. The van der Waals surface area contributed by atoms with E-state index in [1.54, 1.807) is 0 Å². The van der Waals surface area contributed by atoms with E-state index < -0.39 is 41.8 Å². The van der Waals surface area contributed by atoms with Gasteiger partial charge in [-0.25, -0.2) is 25.3 Å². The zero-order valence-electron chi connectivity index (χ0n) is 13.0. The second kappa shape index (κ2) is 10.7. The Bertz CT molecular complexity index is 627. The van der Waals surface area contributed by atoms with E-state index in [4.69, 9.17) is 0 Å². The fourth-order valence-corrected chi connectivity index (χ4v) is 3.72. The summed E-state index contributed by atoms with van der Waals surface area (Å²) in [6.07, 6.45) is 0.344. The molecule has 10 nitrogen and oxygen atoms in total. The third kappa shape index (κ3) is 13.5. The molecule has 0 spiro atoms. The van der Waals surface area contributed by atoms with Crippen LogP contribution in [-0.2, 0) is 30.3 Å². The van der Waals surface area contributed by atoms with E-state index in [0.29, 0.717) is 6.42 Å². The van der Waals surface area contributed by atoms with Gasteiger partial charge >= 0.3 is 59.1 Å². The van der Waals surface area contributed by atoms with Crippen LogP contribution in [0.5, 0.6) is 0 Å². The minimum absolute atomic E-state index is 0. The first-order chi connectivity index (χ1) is 9.39. The Morgan fingerprint density at radius 2 is 1.30 bits per heavy atom. The van der Waals surface area contributed by atoms with Gasteiger partial charge in [0.15, 0.2) is 0 Å². The van der Waals surface area contributed by atoms with Crippen LogP contribution in [0.25, 0.3) is 0 Å². The van der Waals surface area contributed by atoms with Crippen molar-refractivity contribution in [3.05, 3.63) is 0 Å². The first-order valence-corrected chi connectivity index (χ1v) is 10.7. The van der Waals surface area contributed by atoms with Gasteiger partial charge in [-0.3, -0.25) is 0 Å². The Hall–Kier alpha value is 1.69. The van der Waals surface area contributed by atoms with Crippen molar-refractivity contribution in [2.75, 3.05) is 43.6 Å². The molecule has 1 aliphatic rings. The van der Waals surface area contributed by atoms with E-state index in [-0.39, 0.29) is 91.2 Å². The molecule has 0 radical (unpaired) electrons. The Labute approximate surface area is 181 Å². The first kappa shape index (κ1) is 26.9. The molecule has 1 rings (SSSR count). The predicted octanol–water partition coefficient (Wildman–Crippen LogP) is -8.62. The fourth-order valence-electron chi connectivity index (χ4n) is 1.65. The summed E-state index contributed by atoms with van der Waals surface area (Å²) in [6.45, 7) is 0.0202. The summed E-state index contributed by atoms with van der Waals surface area (Å²) in [5, 5.41) is 0. The van der Waals surface area contributed by atoms with Crippen molar-refractivity contribution in [2.45, 2.75) is 6.42 Å². The normalized spacial score (nSPS) is 19.7. The average molecular weight is 410 g/mol. The molecule has 1 unspecified atom stereocenters. The van der Waals surface area contributed by atoms with Crippen LogP contribution in [0.4, 0.5) is 0 Å². The zero-order valence-corrected chi connectivity index (χ0v) is 19.5. The van der Waals surface area contributed by atoms with Gasteiger partial charge in [-0.2, -0.15) is 4.31 Å². The summed E-state index contributed by atoms with van der Waals surface area (Å²) in [5.74, 6) is -1.43. The number of sulfonamides is 1. The summed E-state index contributed by atoms with van der Waals surface area (Å²) in [6, 6.07) is 0. The number of nitrogens with zero attached hydrogens (tertiary/aromatic N) is 2. The van der Waals surface area contributed by atoms with Gasteiger partial charge in [0.1, 0.15) is 5.88 Å². The molecule has 0 N–H and O–H groups in total. The molecule has 0 aromatic heterocycles. The number of hydrogen-bond acceptors (Lipinski definition) is 9. The summed E-state index contributed by atoms with van der Waals surface area (Å²) in [5.41, 5.74) is 0. The van der Waals surface area contributed by atoms with Gasteiger partial charge in [0.2, 0.25) is 10.0 Å². The minimum atomic E-state index is -4.45. The van der Waals surface area contributed by atoms with Gasteiger partial charge in [0, 0.05) is 19.6 Å². The van der Waals surface area contributed by atoms with E-state index in [2.05, 4.69) is 0 Å². The third-order valence-corrected chi connectivity index (χ3v) is 5.63.